The van der Waals surface area contributed by atoms with E-state index in [1.165, 1.54) is 0 Å². The number of ether oxygens (including phenoxy) is 1. The molecule has 0 saturated heterocycles. The van der Waals surface area contributed by atoms with Crippen LogP contribution < -0.4 is 15.8 Å². The van der Waals surface area contributed by atoms with E-state index in [1.54, 1.807) is 7.11 Å². The molecule has 4 nitrogen and oxygen atoms in total. The van der Waals surface area contributed by atoms with Gasteiger partial charge in [-0.1, -0.05) is 0 Å². The van der Waals surface area contributed by atoms with E-state index in [2.05, 4.69) is 16.4 Å². The van der Waals surface area contributed by atoms with Crippen molar-refractivity contribution in [2.75, 3.05) is 19.0 Å². The first-order valence-corrected chi connectivity index (χ1v) is 6.63. The van der Waals surface area contributed by atoms with Crippen LogP contribution in [0.15, 0.2) is 30.3 Å². The van der Waals surface area contributed by atoms with Gasteiger partial charge in [0.15, 0.2) is 0 Å². The molecule has 0 spiro atoms. The number of hydrogen-bond acceptors (Lipinski definition) is 4. The number of nitrogens with two attached hydrogens (primary N) is 1. The first-order valence-electron chi connectivity index (χ1n) is 6.63. The van der Waals surface area contributed by atoms with Crippen LogP contribution in [0.5, 0.6) is 5.75 Å². The molecule has 0 saturated carbocycles. The molecule has 2 rings (SSSR count). The molecule has 0 amide bonds. The van der Waals surface area contributed by atoms with Gasteiger partial charge in [0.2, 0.25) is 0 Å². The Morgan fingerprint density at radius 2 is 2.00 bits per heavy atom. The van der Waals surface area contributed by atoms with Crippen molar-refractivity contribution in [3.63, 3.8) is 0 Å². The van der Waals surface area contributed by atoms with Crippen LogP contribution >= 0.6 is 24.8 Å². The van der Waals surface area contributed by atoms with Gasteiger partial charge in [-0.25, -0.2) is 4.98 Å². The molecule has 1 aromatic carbocycles. The summed E-state index contributed by atoms with van der Waals surface area (Å²) in [6.07, 6.45) is 2.08. The lowest BCUT2D eigenvalue weighted by atomic mass is 10.2. The summed E-state index contributed by atoms with van der Waals surface area (Å²) in [4.78, 5) is 4.57. The molecule has 1 aromatic heterocycles. The number of anilines is 1. The second-order valence-corrected chi connectivity index (χ2v) is 4.80. The Morgan fingerprint density at radius 3 is 2.67 bits per heavy atom. The maximum Gasteiger partial charge on any atom is 0.126 e. The Bertz CT molecular complexity index is 549. The SMILES string of the molecule is COc1ccc2nc(NCCCC(C)N)ccc2c1.Cl.Cl. The third kappa shape index (κ3) is 5.96. The number of benzene rings is 1. The highest BCUT2D eigenvalue weighted by atomic mass is 35.5. The molecular weight excluding hydrogens is 309 g/mol. The minimum Gasteiger partial charge on any atom is -0.497 e. The van der Waals surface area contributed by atoms with Gasteiger partial charge >= 0.3 is 0 Å². The van der Waals surface area contributed by atoms with E-state index in [-0.39, 0.29) is 30.9 Å². The second kappa shape index (κ2) is 9.66. The molecule has 1 unspecified atom stereocenters. The molecule has 0 radical (unpaired) electrons. The highest BCUT2D eigenvalue weighted by molar-refractivity contribution is 5.85. The maximum absolute atomic E-state index is 5.72. The summed E-state index contributed by atoms with van der Waals surface area (Å²) < 4.78 is 5.20. The van der Waals surface area contributed by atoms with Gasteiger partial charge < -0.3 is 15.8 Å². The van der Waals surface area contributed by atoms with Crippen LogP contribution in [0.2, 0.25) is 0 Å². The lowest BCUT2D eigenvalue weighted by molar-refractivity contribution is 0.415. The molecule has 0 bridgehead atoms. The van der Waals surface area contributed by atoms with Crippen LogP contribution in [0.25, 0.3) is 10.9 Å². The molecule has 118 valence electrons. The molecule has 0 fully saturated rings. The Balaban J connectivity index is 0.00000200. The van der Waals surface area contributed by atoms with Gasteiger partial charge in [0, 0.05) is 18.0 Å². The zero-order valence-electron chi connectivity index (χ0n) is 12.3. The van der Waals surface area contributed by atoms with Gasteiger partial charge in [-0.2, -0.15) is 0 Å². The maximum atomic E-state index is 5.72. The zero-order chi connectivity index (χ0) is 13.7. The van der Waals surface area contributed by atoms with E-state index in [4.69, 9.17) is 10.5 Å². The average molecular weight is 332 g/mol. The number of hydrogen-bond donors (Lipinski definition) is 2. The van der Waals surface area contributed by atoms with Crippen LogP contribution in [0, 0.1) is 0 Å². The molecule has 21 heavy (non-hydrogen) atoms. The molecular formula is C15H23Cl2N3O. The summed E-state index contributed by atoms with van der Waals surface area (Å²) in [5.74, 6) is 1.76. The first-order chi connectivity index (χ1) is 9.19. The number of halogens is 2. The van der Waals surface area contributed by atoms with Crippen molar-refractivity contribution in [1.82, 2.24) is 4.98 Å². The van der Waals surface area contributed by atoms with E-state index in [9.17, 15) is 0 Å². The lowest BCUT2D eigenvalue weighted by Gasteiger charge is -2.08. The van der Waals surface area contributed by atoms with Crippen LogP contribution in [-0.4, -0.2) is 24.7 Å². The summed E-state index contributed by atoms with van der Waals surface area (Å²) in [5.41, 5.74) is 6.69. The standard InChI is InChI=1S/C15H21N3O.2ClH/c1-11(16)4-3-9-17-15-8-5-12-10-13(19-2)6-7-14(12)18-15;;/h5-8,10-11H,3-4,9,16H2,1-2H3,(H,17,18);2*1H. The number of pyridine rings is 1. The molecule has 0 aliphatic rings. The molecule has 0 aliphatic heterocycles. The molecule has 2 aromatic rings. The number of methoxy groups -OCH3 is 1. The van der Waals surface area contributed by atoms with Gasteiger partial charge in [0.05, 0.1) is 12.6 Å². The zero-order valence-corrected chi connectivity index (χ0v) is 14.0. The predicted molar refractivity (Wildman–Crippen MR) is 94.2 cm³/mol. The Hall–Kier alpha value is -1.23. The van der Waals surface area contributed by atoms with Crippen molar-refractivity contribution in [1.29, 1.82) is 0 Å². The van der Waals surface area contributed by atoms with E-state index in [0.717, 1.165) is 41.9 Å². The summed E-state index contributed by atoms with van der Waals surface area (Å²) in [6, 6.07) is 10.2. The van der Waals surface area contributed by atoms with Gasteiger partial charge in [0.25, 0.3) is 0 Å². The van der Waals surface area contributed by atoms with E-state index in [0.29, 0.717) is 0 Å². The Kier molecular flexibility index (Phi) is 9.09. The number of rotatable bonds is 6. The first kappa shape index (κ1) is 19.8. The van der Waals surface area contributed by atoms with Gasteiger partial charge in [0.1, 0.15) is 11.6 Å². The highest BCUT2D eigenvalue weighted by Crippen LogP contribution is 2.20. The van der Waals surface area contributed by atoms with Crippen molar-refractivity contribution < 1.29 is 4.74 Å². The molecule has 1 atom stereocenters. The fourth-order valence-corrected chi connectivity index (χ4v) is 1.97. The van der Waals surface area contributed by atoms with Crippen LogP contribution in [0.1, 0.15) is 19.8 Å². The quantitative estimate of drug-likeness (QED) is 0.793. The highest BCUT2D eigenvalue weighted by Gasteiger charge is 2.00. The van der Waals surface area contributed by atoms with Crippen molar-refractivity contribution in [3.8, 4) is 5.75 Å². The number of fused-ring (bicyclic) bond motifs is 1. The number of nitrogens with zero attached hydrogens (tertiary/aromatic N) is 1. The molecule has 0 aliphatic carbocycles. The monoisotopic (exact) mass is 331 g/mol. The van der Waals surface area contributed by atoms with E-state index < -0.39 is 0 Å². The summed E-state index contributed by atoms with van der Waals surface area (Å²) in [5, 5.41) is 4.41. The minimum atomic E-state index is 0. The smallest absolute Gasteiger partial charge is 0.126 e. The summed E-state index contributed by atoms with van der Waals surface area (Å²) in [6.45, 7) is 2.93. The van der Waals surface area contributed by atoms with Gasteiger partial charge in [-0.05, 0) is 50.1 Å². The van der Waals surface area contributed by atoms with Gasteiger partial charge in [-0.15, -0.1) is 24.8 Å². The van der Waals surface area contributed by atoms with Crippen molar-refractivity contribution in [3.05, 3.63) is 30.3 Å². The van der Waals surface area contributed by atoms with Crippen LogP contribution in [0.3, 0.4) is 0 Å². The fourth-order valence-electron chi connectivity index (χ4n) is 1.97. The normalized spacial score (nSPS) is 11.2. The molecule has 1 heterocycles. The van der Waals surface area contributed by atoms with Crippen LogP contribution in [-0.2, 0) is 0 Å². The van der Waals surface area contributed by atoms with Crippen molar-refractivity contribution >= 4 is 41.5 Å². The fraction of sp³-hybridized carbons (Fsp3) is 0.400. The summed E-state index contributed by atoms with van der Waals surface area (Å²) >= 11 is 0. The largest absolute Gasteiger partial charge is 0.497 e. The Morgan fingerprint density at radius 1 is 1.24 bits per heavy atom. The third-order valence-corrected chi connectivity index (χ3v) is 3.04. The molecule has 6 heteroatoms. The third-order valence-electron chi connectivity index (χ3n) is 3.04. The van der Waals surface area contributed by atoms with Gasteiger partial charge in [-0.3, -0.25) is 0 Å². The Labute approximate surface area is 138 Å². The van der Waals surface area contributed by atoms with Crippen molar-refractivity contribution in [2.45, 2.75) is 25.8 Å². The number of aromatic nitrogens is 1. The minimum absolute atomic E-state index is 0. The topological polar surface area (TPSA) is 60.2 Å². The van der Waals surface area contributed by atoms with E-state index >= 15 is 0 Å². The summed E-state index contributed by atoms with van der Waals surface area (Å²) in [7, 11) is 1.67. The lowest BCUT2D eigenvalue weighted by Crippen LogP contribution is -2.16. The average Bonchev–Trinajstić information content (AvgIpc) is 2.42. The van der Waals surface area contributed by atoms with Crippen LogP contribution in [0.4, 0.5) is 5.82 Å². The number of nitrogens with one attached hydrogen (secondary N) is 1. The van der Waals surface area contributed by atoms with Crippen molar-refractivity contribution in [2.24, 2.45) is 5.73 Å². The predicted octanol–water partition coefficient (Wildman–Crippen LogP) is 3.63. The molecule has 3 N–H and O–H groups in total. The van der Waals surface area contributed by atoms with E-state index in [1.807, 2.05) is 31.2 Å². The second-order valence-electron chi connectivity index (χ2n) is 4.80.